The van der Waals surface area contributed by atoms with Gasteiger partial charge < -0.3 is 4.74 Å². The molecule has 3 aromatic rings. The molecule has 2 atom stereocenters. The SMILES string of the molecule is CCCC[C@H]1C(=O)c2cc(OCc3ccc4ccccc4n3)cnc2C[C@@H]1C. The van der Waals surface area contributed by atoms with Crippen molar-refractivity contribution < 1.29 is 9.53 Å². The quantitative estimate of drug-likeness (QED) is 0.580. The number of rotatable bonds is 6. The topological polar surface area (TPSA) is 52.1 Å². The minimum absolute atomic E-state index is 0.103. The van der Waals surface area contributed by atoms with Gasteiger partial charge in [-0.25, -0.2) is 4.98 Å². The summed E-state index contributed by atoms with van der Waals surface area (Å²) in [4.78, 5) is 22.2. The van der Waals surface area contributed by atoms with Crippen LogP contribution in [0.4, 0.5) is 0 Å². The van der Waals surface area contributed by atoms with E-state index in [2.05, 4.69) is 29.9 Å². The van der Waals surface area contributed by atoms with Crippen LogP contribution in [0.5, 0.6) is 5.75 Å². The fourth-order valence-corrected chi connectivity index (χ4v) is 4.02. The largest absolute Gasteiger partial charge is 0.486 e. The number of Topliss-reactive ketones (excluding diaryl/α,β-unsaturated/α-hetero) is 1. The monoisotopic (exact) mass is 374 g/mol. The lowest BCUT2D eigenvalue weighted by Crippen LogP contribution is -2.30. The molecule has 0 saturated heterocycles. The lowest BCUT2D eigenvalue weighted by Gasteiger charge is -2.29. The number of carbonyl (C=O) groups excluding carboxylic acids is 1. The summed E-state index contributed by atoms with van der Waals surface area (Å²) >= 11 is 0. The minimum Gasteiger partial charge on any atom is -0.486 e. The molecule has 28 heavy (non-hydrogen) atoms. The summed E-state index contributed by atoms with van der Waals surface area (Å²) < 4.78 is 5.92. The molecular formula is C24H26N2O2. The molecule has 0 bridgehead atoms. The molecule has 0 spiro atoms. The third-order valence-corrected chi connectivity index (χ3v) is 5.66. The van der Waals surface area contributed by atoms with E-state index in [0.717, 1.165) is 53.5 Å². The van der Waals surface area contributed by atoms with Crippen molar-refractivity contribution in [2.45, 2.75) is 46.1 Å². The number of nitrogens with zero attached hydrogens (tertiary/aromatic N) is 2. The Balaban J connectivity index is 1.50. The van der Waals surface area contributed by atoms with E-state index in [0.29, 0.717) is 18.3 Å². The smallest absolute Gasteiger partial charge is 0.168 e. The molecule has 0 fully saturated rings. The van der Waals surface area contributed by atoms with Crippen molar-refractivity contribution >= 4 is 16.7 Å². The van der Waals surface area contributed by atoms with Gasteiger partial charge in [-0.1, -0.05) is 51.0 Å². The minimum atomic E-state index is 0.103. The molecule has 0 N–H and O–H groups in total. The van der Waals surface area contributed by atoms with Crippen molar-refractivity contribution in [2.24, 2.45) is 11.8 Å². The highest BCUT2D eigenvalue weighted by molar-refractivity contribution is 6.00. The molecule has 1 aliphatic carbocycles. The summed E-state index contributed by atoms with van der Waals surface area (Å²) in [6, 6.07) is 13.9. The molecule has 144 valence electrons. The van der Waals surface area contributed by atoms with Crippen LogP contribution < -0.4 is 4.74 Å². The molecule has 4 heteroatoms. The van der Waals surface area contributed by atoms with Crippen LogP contribution in [-0.2, 0) is 13.0 Å². The zero-order valence-electron chi connectivity index (χ0n) is 16.5. The number of benzene rings is 1. The van der Waals surface area contributed by atoms with E-state index in [1.165, 1.54) is 0 Å². The average molecular weight is 374 g/mol. The Morgan fingerprint density at radius 3 is 2.89 bits per heavy atom. The predicted molar refractivity (Wildman–Crippen MR) is 111 cm³/mol. The number of para-hydroxylation sites is 1. The first-order valence-corrected chi connectivity index (χ1v) is 10.2. The second-order valence-corrected chi connectivity index (χ2v) is 7.74. The lowest BCUT2D eigenvalue weighted by atomic mass is 9.75. The maximum atomic E-state index is 13.0. The van der Waals surface area contributed by atoms with Crippen molar-refractivity contribution in [3.05, 3.63) is 65.6 Å². The Morgan fingerprint density at radius 1 is 1.18 bits per heavy atom. The van der Waals surface area contributed by atoms with Gasteiger partial charge in [-0.2, -0.15) is 0 Å². The number of aromatic nitrogens is 2. The molecule has 0 amide bonds. The van der Waals surface area contributed by atoms with Crippen molar-refractivity contribution in [1.29, 1.82) is 0 Å². The van der Waals surface area contributed by atoms with Crippen LogP contribution in [0.25, 0.3) is 10.9 Å². The summed E-state index contributed by atoms with van der Waals surface area (Å²) in [5.41, 5.74) is 3.46. The van der Waals surface area contributed by atoms with Crippen LogP contribution >= 0.6 is 0 Å². The first-order chi connectivity index (χ1) is 13.7. The van der Waals surface area contributed by atoms with Gasteiger partial charge in [-0.05, 0) is 37.0 Å². The maximum Gasteiger partial charge on any atom is 0.168 e. The average Bonchev–Trinajstić information content (AvgIpc) is 2.72. The Hall–Kier alpha value is -2.75. The highest BCUT2D eigenvalue weighted by atomic mass is 16.5. The normalized spacial score (nSPS) is 18.9. The highest BCUT2D eigenvalue weighted by Gasteiger charge is 2.33. The van der Waals surface area contributed by atoms with Crippen molar-refractivity contribution in [2.75, 3.05) is 0 Å². The molecule has 2 aromatic heterocycles. The van der Waals surface area contributed by atoms with E-state index < -0.39 is 0 Å². The Labute approximate surface area is 166 Å². The second-order valence-electron chi connectivity index (χ2n) is 7.74. The molecule has 1 aliphatic rings. The number of hydrogen-bond acceptors (Lipinski definition) is 4. The molecule has 1 aromatic carbocycles. The van der Waals surface area contributed by atoms with Gasteiger partial charge in [0.05, 0.1) is 23.1 Å². The highest BCUT2D eigenvalue weighted by Crippen LogP contribution is 2.33. The molecule has 2 heterocycles. The standard InChI is InChI=1S/C24H26N2O2/c1-3-4-8-20-16(2)12-23-21(24(20)27)13-19(14-25-23)28-15-18-11-10-17-7-5-6-9-22(17)26-18/h5-7,9-11,13-14,16,20H,3-4,8,12,15H2,1-2H3/t16-,20+/m0/s1. The van der Waals surface area contributed by atoms with E-state index >= 15 is 0 Å². The Kier molecular flexibility index (Phi) is 5.38. The van der Waals surface area contributed by atoms with E-state index in [1.54, 1.807) is 6.20 Å². The van der Waals surface area contributed by atoms with Gasteiger partial charge in [0.15, 0.2) is 5.78 Å². The molecular weight excluding hydrogens is 348 g/mol. The zero-order valence-corrected chi connectivity index (χ0v) is 16.5. The van der Waals surface area contributed by atoms with Crippen molar-refractivity contribution in [1.82, 2.24) is 9.97 Å². The summed E-state index contributed by atoms with van der Waals surface area (Å²) in [5, 5.41) is 1.11. The van der Waals surface area contributed by atoms with Crippen LogP contribution in [0.1, 0.15) is 54.9 Å². The number of carbonyl (C=O) groups is 1. The van der Waals surface area contributed by atoms with Gasteiger partial charge in [-0.3, -0.25) is 9.78 Å². The van der Waals surface area contributed by atoms with Crippen LogP contribution in [0.2, 0.25) is 0 Å². The number of ether oxygens (including phenoxy) is 1. The van der Waals surface area contributed by atoms with Gasteiger partial charge in [-0.15, -0.1) is 0 Å². The van der Waals surface area contributed by atoms with E-state index in [-0.39, 0.29) is 11.7 Å². The fraction of sp³-hybridized carbons (Fsp3) is 0.375. The van der Waals surface area contributed by atoms with Gasteiger partial charge in [0.2, 0.25) is 0 Å². The van der Waals surface area contributed by atoms with Gasteiger partial charge in [0.1, 0.15) is 12.4 Å². The van der Waals surface area contributed by atoms with Gasteiger partial charge in [0, 0.05) is 16.9 Å². The molecule has 0 unspecified atom stereocenters. The summed E-state index contributed by atoms with van der Waals surface area (Å²) in [7, 11) is 0. The molecule has 0 radical (unpaired) electrons. The number of hydrogen-bond donors (Lipinski definition) is 0. The van der Waals surface area contributed by atoms with Crippen molar-refractivity contribution in [3.8, 4) is 5.75 Å². The Morgan fingerprint density at radius 2 is 2.04 bits per heavy atom. The first kappa shape index (κ1) is 18.6. The number of fused-ring (bicyclic) bond motifs is 2. The summed E-state index contributed by atoms with van der Waals surface area (Å²) in [6.07, 6.45) is 5.76. The van der Waals surface area contributed by atoms with E-state index in [9.17, 15) is 4.79 Å². The molecule has 4 nitrogen and oxygen atoms in total. The molecule has 0 saturated carbocycles. The second kappa shape index (κ2) is 8.09. The Bertz CT molecular complexity index is 999. The predicted octanol–water partition coefficient (Wildman–Crippen LogP) is 5.39. The van der Waals surface area contributed by atoms with Crippen molar-refractivity contribution in [3.63, 3.8) is 0 Å². The summed E-state index contributed by atoms with van der Waals surface area (Å²) in [5.74, 6) is 1.31. The van der Waals surface area contributed by atoms with Crippen LogP contribution in [0.3, 0.4) is 0 Å². The number of pyridine rings is 2. The molecule has 4 rings (SSSR count). The lowest BCUT2D eigenvalue weighted by molar-refractivity contribution is 0.0846. The molecule has 0 aliphatic heterocycles. The maximum absolute atomic E-state index is 13.0. The van der Waals surface area contributed by atoms with E-state index in [1.807, 2.05) is 36.4 Å². The van der Waals surface area contributed by atoms with Crippen LogP contribution in [-0.4, -0.2) is 15.8 Å². The van der Waals surface area contributed by atoms with Crippen LogP contribution in [0.15, 0.2) is 48.7 Å². The number of ketones is 1. The van der Waals surface area contributed by atoms with Crippen LogP contribution in [0, 0.1) is 11.8 Å². The summed E-state index contributed by atoms with van der Waals surface area (Å²) in [6.45, 7) is 4.69. The van der Waals surface area contributed by atoms with E-state index in [4.69, 9.17) is 4.74 Å². The third-order valence-electron chi connectivity index (χ3n) is 5.66. The third kappa shape index (κ3) is 3.77. The van der Waals surface area contributed by atoms with Gasteiger partial charge >= 0.3 is 0 Å². The first-order valence-electron chi connectivity index (χ1n) is 10.2. The fourth-order valence-electron chi connectivity index (χ4n) is 4.02. The number of unbranched alkanes of at least 4 members (excludes halogenated alkanes) is 1. The zero-order chi connectivity index (χ0) is 19.5. The van der Waals surface area contributed by atoms with Gasteiger partial charge in [0.25, 0.3) is 0 Å².